The fourth-order valence-electron chi connectivity index (χ4n) is 2.07. The minimum Gasteiger partial charge on any atom is -0.619 e. The largest absolute Gasteiger partial charge is 0.619 e. The van der Waals surface area contributed by atoms with Gasteiger partial charge in [-0.2, -0.15) is 4.73 Å². The molecule has 0 aliphatic carbocycles. The van der Waals surface area contributed by atoms with E-state index in [4.69, 9.17) is 0 Å². The lowest BCUT2D eigenvalue weighted by Crippen LogP contribution is -2.27. The Morgan fingerprint density at radius 2 is 1.71 bits per heavy atom. The van der Waals surface area contributed by atoms with Crippen LogP contribution in [-0.2, 0) is 0 Å². The monoisotopic (exact) mass is 339 g/mol. The number of amides is 2. The van der Waals surface area contributed by atoms with Crippen molar-refractivity contribution in [3.63, 3.8) is 0 Å². The Morgan fingerprint density at radius 3 is 2.38 bits per heavy atom. The van der Waals surface area contributed by atoms with Gasteiger partial charge in [0.05, 0.1) is 4.88 Å². The maximum atomic E-state index is 12.1. The topological polar surface area (TPSA) is 85.1 Å². The van der Waals surface area contributed by atoms with E-state index in [1.165, 1.54) is 29.8 Å². The van der Waals surface area contributed by atoms with Gasteiger partial charge in [-0.3, -0.25) is 9.59 Å². The number of hydrogen-bond donors (Lipinski definition) is 2. The van der Waals surface area contributed by atoms with Crippen molar-refractivity contribution in [3.05, 3.63) is 82.0 Å². The van der Waals surface area contributed by atoms with Crippen molar-refractivity contribution < 1.29 is 14.3 Å². The summed E-state index contributed by atoms with van der Waals surface area (Å²) in [6.45, 7) is 0. The van der Waals surface area contributed by atoms with Crippen molar-refractivity contribution in [1.82, 2.24) is 0 Å². The van der Waals surface area contributed by atoms with E-state index >= 15 is 0 Å². The molecule has 24 heavy (non-hydrogen) atoms. The van der Waals surface area contributed by atoms with Crippen LogP contribution in [0.4, 0.5) is 11.4 Å². The summed E-state index contributed by atoms with van der Waals surface area (Å²) in [4.78, 5) is 24.8. The van der Waals surface area contributed by atoms with Crippen LogP contribution in [0.2, 0.25) is 0 Å². The molecule has 0 fully saturated rings. The van der Waals surface area contributed by atoms with Gasteiger partial charge >= 0.3 is 0 Å². The maximum Gasteiger partial charge on any atom is 0.265 e. The van der Waals surface area contributed by atoms with Crippen molar-refractivity contribution in [2.75, 3.05) is 10.6 Å². The molecule has 0 bridgehead atoms. The number of aromatic nitrogens is 1. The van der Waals surface area contributed by atoms with Gasteiger partial charge in [-0.1, -0.05) is 12.1 Å². The van der Waals surface area contributed by atoms with Crippen molar-refractivity contribution in [2.45, 2.75) is 0 Å². The second-order valence-electron chi connectivity index (χ2n) is 4.92. The number of carbonyl (C=O) groups excluding carboxylic acids is 2. The van der Waals surface area contributed by atoms with Gasteiger partial charge in [0, 0.05) is 17.4 Å². The van der Waals surface area contributed by atoms with Crippen LogP contribution in [0.25, 0.3) is 0 Å². The van der Waals surface area contributed by atoms with E-state index in [9.17, 15) is 14.8 Å². The minimum atomic E-state index is -0.401. The normalized spacial score (nSPS) is 10.2. The van der Waals surface area contributed by atoms with Crippen molar-refractivity contribution in [2.24, 2.45) is 0 Å². The maximum absolute atomic E-state index is 12.1. The second-order valence-corrected chi connectivity index (χ2v) is 5.87. The molecule has 6 nitrogen and oxygen atoms in total. The van der Waals surface area contributed by atoms with E-state index in [0.29, 0.717) is 21.0 Å². The zero-order chi connectivity index (χ0) is 16.9. The summed E-state index contributed by atoms with van der Waals surface area (Å²) in [5, 5.41) is 18.5. The van der Waals surface area contributed by atoms with E-state index in [0.717, 1.165) is 0 Å². The quantitative estimate of drug-likeness (QED) is 0.566. The summed E-state index contributed by atoms with van der Waals surface area (Å²) in [6, 6.07) is 13.4. The van der Waals surface area contributed by atoms with Crippen LogP contribution < -0.4 is 15.4 Å². The lowest BCUT2D eigenvalue weighted by atomic mass is 10.2. The van der Waals surface area contributed by atoms with Crippen molar-refractivity contribution in [3.8, 4) is 0 Å². The molecule has 0 aliphatic heterocycles. The average Bonchev–Trinajstić information content (AvgIpc) is 3.10. The fourth-order valence-corrected chi connectivity index (χ4v) is 2.69. The van der Waals surface area contributed by atoms with Gasteiger partial charge in [0.25, 0.3) is 11.8 Å². The van der Waals surface area contributed by atoms with Crippen molar-refractivity contribution in [1.29, 1.82) is 0 Å². The first kappa shape index (κ1) is 15.7. The first-order valence-corrected chi connectivity index (χ1v) is 7.95. The predicted molar refractivity (Wildman–Crippen MR) is 92.1 cm³/mol. The molecule has 3 aromatic rings. The highest BCUT2D eigenvalue weighted by atomic mass is 32.1. The summed E-state index contributed by atoms with van der Waals surface area (Å²) in [5.41, 5.74) is 1.34. The smallest absolute Gasteiger partial charge is 0.265 e. The number of rotatable bonds is 4. The highest BCUT2D eigenvalue weighted by molar-refractivity contribution is 7.12. The highest BCUT2D eigenvalue weighted by Gasteiger charge is 2.10. The third-order valence-electron chi connectivity index (χ3n) is 3.16. The molecule has 0 atom stereocenters. The Hall–Kier alpha value is -3.19. The number of hydrogen-bond acceptors (Lipinski definition) is 4. The standard InChI is InChI=1S/C17H13N3O3S/c21-16(12-4-2-8-20(23)11-12)18-13-5-1-6-14(10-13)19-17(22)15-7-3-9-24-15/h1-11H,(H,18,21)(H,19,22). The Morgan fingerprint density at radius 1 is 0.958 bits per heavy atom. The molecule has 3 rings (SSSR count). The summed E-state index contributed by atoms with van der Waals surface area (Å²) in [5.74, 6) is -0.606. The van der Waals surface area contributed by atoms with E-state index in [1.54, 1.807) is 42.5 Å². The van der Waals surface area contributed by atoms with Gasteiger partial charge in [0.1, 0.15) is 5.56 Å². The van der Waals surface area contributed by atoms with Gasteiger partial charge in [0.2, 0.25) is 0 Å². The molecule has 0 radical (unpaired) electrons. The first-order valence-electron chi connectivity index (χ1n) is 7.07. The molecule has 0 aliphatic rings. The van der Waals surface area contributed by atoms with Gasteiger partial charge in [0.15, 0.2) is 12.4 Å². The van der Waals surface area contributed by atoms with Gasteiger partial charge in [-0.05, 0) is 35.7 Å². The molecular weight excluding hydrogens is 326 g/mol. The molecule has 2 heterocycles. The van der Waals surface area contributed by atoms with E-state index in [2.05, 4.69) is 10.6 Å². The van der Waals surface area contributed by atoms with Crippen LogP contribution in [-0.4, -0.2) is 11.8 Å². The molecule has 0 spiro atoms. The van der Waals surface area contributed by atoms with Crippen LogP contribution in [0.3, 0.4) is 0 Å². The third kappa shape index (κ3) is 3.76. The van der Waals surface area contributed by atoms with Gasteiger partial charge < -0.3 is 15.8 Å². The molecule has 0 saturated carbocycles. The Labute approximate surface area is 142 Å². The molecule has 0 unspecified atom stereocenters. The number of benzene rings is 1. The SMILES string of the molecule is O=C(Nc1cccc(NC(=O)c2cccs2)c1)c1ccc[n+]([O-])c1. The molecular formula is C17H13N3O3S. The fraction of sp³-hybridized carbons (Fsp3) is 0. The van der Waals surface area contributed by atoms with E-state index in [1.807, 2.05) is 5.38 Å². The van der Waals surface area contributed by atoms with Crippen LogP contribution in [0.5, 0.6) is 0 Å². The lowest BCUT2D eigenvalue weighted by molar-refractivity contribution is -0.605. The van der Waals surface area contributed by atoms with Gasteiger partial charge in [-0.15, -0.1) is 11.3 Å². The van der Waals surface area contributed by atoms with Crippen LogP contribution in [0.1, 0.15) is 20.0 Å². The number of carbonyl (C=O) groups is 2. The predicted octanol–water partition coefficient (Wildman–Crippen LogP) is 2.89. The summed E-state index contributed by atoms with van der Waals surface area (Å²) < 4.78 is 0.562. The Kier molecular flexibility index (Phi) is 4.53. The van der Waals surface area contributed by atoms with Crippen LogP contribution in [0.15, 0.2) is 66.3 Å². The Balaban J connectivity index is 1.71. The summed E-state index contributed by atoms with van der Waals surface area (Å²) >= 11 is 1.35. The molecule has 2 amide bonds. The molecule has 0 saturated heterocycles. The first-order chi connectivity index (χ1) is 11.6. The molecule has 2 N–H and O–H groups in total. The number of pyridine rings is 1. The second kappa shape index (κ2) is 6.93. The van der Waals surface area contributed by atoms with Crippen molar-refractivity contribution >= 4 is 34.5 Å². The number of anilines is 2. The molecule has 2 aromatic heterocycles. The number of nitrogens with one attached hydrogen (secondary N) is 2. The van der Waals surface area contributed by atoms with Crippen LogP contribution >= 0.6 is 11.3 Å². The highest BCUT2D eigenvalue weighted by Crippen LogP contribution is 2.18. The molecule has 120 valence electrons. The molecule has 1 aromatic carbocycles. The summed E-state index contributed by atoms with van der Waals surface area (Å²) in [7, 11) is 0. The summed E-state index contributed by atoms with van der Waals surface area (Å²) in [6.07, 6.45) is 2.50. The number of nitrogens with zero attached hydrogens (tertiary/aromatic N) is 1. The average molecular weight is 339 g/mol. The zero-order valence-electron chi connectivity index (χ0n) is 12.4. The zero-order valence-corrected chi connectivity index (χ0v) is 13.2. The van der Waals surface area contributed by atoms with Crippen LogP contribution in [0, 0.1) is 5.21 Å². The Bertz CT molecular complexity index is 878. The molecule has 7 heteroatoms. The third-order valence-corrected chi connectivity index (χ3v) is 4.03. The number of thiophene rings is 1. The lowest BCUT2D eigenvalue weighted by Gasteiger charge is -2.08. The van der Waals surface area contributed by atoms with E-state index in [-0.39, 0.29) is 11.5 Å². The van der Waals surface area contributed by atoms with E-state index < -0.39 is 5.91 Å². The van der Waals surface area contributed by atoms with Gasteiger partial charge in [-0.25, -0.2) is 0 Å². The minimum absolute atomic E-state index is 0.205.